The van der Waals surface area contributed by atoms with E-state index in [-0.39, 0.29) is 29.8 Å². The van der Waals surface area contributed by atoms with Crippen LogP contribution in [0, 0.1) is 0 Å². The summed E-state index contributed by atoms with van der Waals surface area (Å²) in [6, 6.07) is 110. The molecule has 17 aromatic rings. The minimum absolute atomic E-state index is 0.0304. The van der Waals surface area contributed by atoms with Crippen molar-refractivity contribution in [3.8, 4) is 45.3 Å². The van der Waals surface area contributed by atoms with Crippen molar-refractivity contribution in [3.05, 3.63) is 395 Å². The summed E-state index contributed by atoms with van der Waals surface area (Å²) in [7, 11) is 8.21. The number of aliphatic imine (C=N–C) groups is 3. The predicted octanol–water partition coefficient (Wildman–Crippen LogP) is 22.0. The van der Waals surface area contributed by atoms with E-state index in [0.29, 0.717) is 46.0 Å². The number of ketones is 2. The Labute approximate surface area is 683 Å². The Hall–Kier alpha value is -15.6. The van der Waals surface area contributed by atoms with E-state index in [4.69, 9.17) is 15.0 Å². The molecule has 0 saturated carbocycles. The molecule has 1 aliphatic heterocycles. The summed E-state index contributed by atoms with van der Waals surface area (Å²) in [5.74, 6) is 2.05. The van der Waals surface area contributed by atoms with Crippen molar-refractivity contribution in [3.63, 3.8) is 0 Å². The van der Waals surface area contributed by atoms with Gasteiger partial charge in [0.2, 0.25) is 0 Å². The number of benzene rings is 14. The zero-order valence-electron chi connectivity index (χ0n) is 65.3. The molecular weight excluding hydrogens is 1460 g/mol. The maximum atomic E-state index is 13.1. The molecule has 18 rings (SSSR count). The molecular formula is C101H81N13O4. The Morgan fingerprint density at radius 3 is 1.19 bits per heavy atom. The van der Waals surface area contributed by atoms with E-state index in [1.54, 1.807) is 30.5 Å². The molecule has 0 fully saturated rings. The van der Waals surface area contributed by atoms with E-state index >= 15 is 0 Å². The maximum Gasteiger partial charge on any atom is 0.255 e. The van der Waals surface area contributed by atoms with Gasteiger partial charge in [0.25, 0.3) is 11.8 Å². The average molecular weight is 1540 g/mol. The van der Waals surface area contributed by atoms with E-state index in [1.165, 1.54) is 33.6 Å². The maximum absolute atomic E-state index is 13.1. The van der Waals surface area contributed by atoms with Gasteiger partial charge in [-0.25, -0.2) is 15.0 Å². The van der Waals surface area contributed by atoms with Crippen molar-refractivity contribution >= 4 is 114 Å². The van der Waals surface area contributed by atoms with E-state index in [9.17, 15) is 19.2 Å². The normalized spacial score (nSPS) is 11.5. The third kappa shape index (κ3) is 18.7. The largest absolute Gasteiger partial charge is 0.378 e. The van der Waals surface area contributed by atoms with Crippen molar-refractivity contribution in [1.82, 2.24) is 29.9 Å². The average Bonchev–Trinajstić information content (AvgIpc) is 1.65. The number of para-hydroxylation sites is 1. The van der Waals surface area contributed by atoms with Crippen LogP contribution in [-0.2, 0) is 19.3 Å². The first-order valence-corrected chi connectivity index (χ1v) is 38.8. The number of aromatic amines is 3. The third-order valence-corrected chi connectivity index (χ3v) is 20.3. The monoisotopic (exact) mass is 1540 g/mol. The third-order valence-electron chi connectivity index (χ3n) is 20.3. The first-order chi connectivity index (χ1) is 57.6. The summed E-state index contributed by atoms with van der Waals surface area (Å²) in [5, 5.41) is 5.83. The highest BCUT2D eigenvalue weighted by molar-refractivity contribution is 6.08. The van der Waals surface area contributed by atoms with Crippen molar-refractivity contribution in [2.45, 2.75) is 19.3 Å². The zero-order valence-corrected chi connectivity index (χ0v) is 65.3. The second kappa shape index (κ2) is 35.2. The van der Waals surface area contributed by atoms with Gasteiger partial charge in [-0.15, -0.1) is 0 Å². The van der Waals surface area contributed by atoms with Crippen LogP contribution in [0.15, 0.2) is 355 Å². The number of carbonyl (C=O) groups is 4. The smallest absolute Gasteiger partial charge is 0.255 e. The molecule has 0 atom stereocenters. The Morgan fingerprint density at radius 2 is 0.720 bits per heavy atom. The van der Waals surface area contributed by atoms with E-state index < -0.39 is 0 Å². The number of hydrogen-bond donors (Lipinski definition) is 5. The molecule has 1 aliphatic rings. The Kier molecular flexibility index (Phi) is 22.8. The first kappa shape index (κ1) is 76.4. The van der Waals surface area contributed by atoms with Crippen LogP contribution < -0.4 is 20.4 Å². The van der Waals surface area contributed by atoms with Crippen LogP contribution in [0.3, 0.4) is 0 Å². The van der Waals surface area contributed by atoms with Gasteiger partial charge in [-0.05, 0) is 226 Å². The lowest BCUT2D eigenvalue weighted by atomic mass is 9.99. The van der Waals surface area contributed by atoms with Crippen molar-refractivity contribution in [2.75, 3.05) is 48.6 Å². The van der Waals surface area contributed by atoms with Crippen molar-refractivity contribution in [1.29, 1.82) is 0 Å². The quantitative estimate of drug-likeness (QED) is 0.0340. The zero-order chi connectivity index (χ0) is 80.9. The molecule has 5 N–H and O–H groups in total. The molecule has 0 saturated heterocycles. The molecule has 0 aliphatic carbocycles. The van der Waals surface area contributed by atoms with Gasteiger partial charge < -0.3 is 35.4 Å². The van der Waals surface area contributed by atoms with Crippen LogP contribution in [0.25, 0.3) is 78.4 Å². The summed E-state index contributed by atoms with van der Waals surface area (Å²) in [6.07, 6.45) is 5.06. The van der Waals surface area contributed by atoms with Gasteiger partial charge >= 0.3 is 0 Å². The number of nitrogens with zero attached hydrogens (tertiary/aromatic N) is 8. The number of amides is 2. The highest BCUT2D eigenvalue weighted by Crippen LogP contribution is 2.36. The molecule has 3 aromatic heterocycles. The highest BCUT2D eigenvalue weighted by atomic mass is 16.2. The Bertz CT molecular complexity index is 6540. The molecule has 17 nitrogen and oxygen atoms in total. The number of aromatic nitrogens is 6. The molecule has 17 heteroatoms. The molecule has 2 amide bonds. The molecule has 574 valence electrons. The van der Waals surface area contributed by atoms with Gasteiger partial charge in [0.1, 0.15) is 17.5 Å². The summed E-state index contributed by atoms with van der Waals surface area (Å²) >= 11 is 0. The van der Waals surface area contributed by atoms with Gasteiger partial charge in [0, 0.05) is 122 Å². The number of carbonyl (C=O) groups excluding carboxylic acids is 4. The minimum Gasteiger partial charge on any atom is -0.378 e. The molecule has 0 spiro atoms. The van der Waals surface area contributed by atoms with Gasteiger partial charge in [0.05, 0.1) is 55.9 Å². The van der Waals surface area contributed by atoms with E-state index in [1.807, 2.05) is 251 Å². The number of rotatable bonds is 21. The lowest BCUT2D eigenvalue weighted by Gasteiger charge is -2.12. The SMILES string of the molecule is CN(C)c1ccc(C2=Nc3ccc(-c4ccc5nc(-c6ccc(N(C)C)cc6)[nH]c5c4)cc3C2)cc1.O=C(Cc1ccc2nc(-c3ccc(C(=O)Nc4ccccc4)cc3)[nH]c2c1)c1ccccc1.O=C(Cc1ccc2nc(-c3ccc(NC(=O)c4ccc(N=Cc5ccccc5)cc4)cc3)[nH]c2c1)c1ccc(N=Cc2ccccc2)cc1. The number of imidazole rings is 3. The molecule has 0 unspecified atom stereocenters. The van der Waals surface area contributed by atoms with Crippen LogP contribution in [0.5, 0.6) is 0 Å². The fourth-order valence-electron chi connectivity index (χ4n) is 13.8. The van der Waals surface area contributed by atoms with E-state index in [0.717, 1.165) is 113 Å². The van der Waals surface area contributed by atoms with Crippen LogP contribution in [-0.4, -0.2) is 99.6 Å². The molecule has 118 heavy (non-hydrogen) atoms. The predicted molar refractivity (Wildman–Crippen MR) is 480 cm³/mol. The fourth-order valence-corrected chi connectivity index (χ4v) is 13.8. The van der Waals surface area contributed by atoms with Crippen LogP contribution in [0.1, 0.15) is 74.8 Å². The summed E-state index contributed by atoms with van der Waals surface area (Å²) in [5.41, 5.74) is 26.9. The first-order valence-electron chi connectivity index (χ1n) is 38.8. The topological polar surface area (TPSA) is 222 Å². The minimum atomic E-state index is -0.204. The highest BCUT2D eigenvalue weighted by Gasteiger charge is 2.20. The lowest BCUT2D eigenvalue weighted by molar-refractivity contribution is 0.0985. The summed E-state index contributed by atoms with van der Waals surface area (Å²) in [6.45, 7) is 0. The van der Waals surface area contributed by atoms with Crippen LogP contribution in [0.2, 0.25) is 0 Å². The number of fused-ring (bicyclic) bond motifs is 4. The molecule has 0 radical (unpaired) electrons. The standard InChI is InChI=1S/C42H31N5O2.C31H29N5.C28H21N3O2/c48-40(32-12-18-35(19-13-32)43-27-29-7-3-1-4-8-29)26-31-11-24-38-39(25-31)47-41(46-38)33-14-22-37(23-15-33)45-42(49)34-16-20-36(21-17-34)44-28-30-9-5-2-6-10-30;1-35(2)25-11-5-20(6-12-25)29-19-24-17-22(9-15-27(24)32-29)23-10-16-28-30(18-23)34-31(33-28)21-7-13-26(14-8-21)36(3)4;32-26(20-7-3-1-4-8-20)18-19-11-16-24-25(17-19)31-27(30-24)21-12-14-22(15-13-21)28(33)29-23-9-5-2-6-10-23/h1-25,27-28H,26H2,(H,45,49)(H,46,47);5-18H,19H2,1-4H3,(H,33,34);1-17H,18H2,(H,29,33)(H,30,31). The van der Waals surface area contributed by atoms with Crippen LogP contribution in [0.4, 0.5) is 39.8 Å². The van der Waals surface area contributed by atoms with Crippen molar-refractivity contribution < 1.29 is 19.2 Å². The number of hydrogen-bond acceptors (Lipinski definition) is 12. The summed E-state index contributed by atoms with van der Waals surface area (Å²) in [4.78, 5) is 93.5. The number of nitrogens with one attached hydrogen (secondary N) is 5. The fraction of sp³-hybridized carbons (Fsp3) is 0.0693. The Morgan fingerprint density at radius 1 is 0.356 bits per heavy atom. The second-order valence-electron chi connectivity index (χ2n) is 29.1. The Balaban J connectivity index is 0.000000136. The van der Waals surface area contributed by atoms with Gasteiger partial charge in [-0.2, -0.15) is 0 Å². The molecule has 0 bridgehead atoms. The van der Waals surface area contributed by atoms with Gasteiger partial charge in [0.15, 0.2) is 11.6 Å². The van der Waals surface area contributed by atoms with Crippen LogP contribution >= 0.6 is 0 Å². The number of Topliss-reactive ketones (excluding diaryl/α,β-unsaturated/α-hetero) is 2. The molecule has 4 heterocycles. The summed E-state index contributed by atoms with van der Waals surface area (Å²) < 4.78 is 0. The van der Waals surface area contributed by atoms with Gasteiger partial charge in [-0.1, -0.05) is 158 Å². The molecule has 14 aromatic carbocycles. The lowest BCUT2D eigenvalue weighted by Crippen LogP contribution is -2.11. The number of anilines is 4. The van der Waals surface area contributed by atoms with Gasteiger partial charge in [-0.3, -0.25) is 34.2 Å². The van der Waals surface area contributed by atoms with E-state index in [2.05, 4.69) is 149 Å². The number of H-pyrrole nitrogens is 3. The second-order valence-corrected chi connectivity index (χ2v) is 29.1. The van der Waals surface area contributed by atoms with Crippen molar-refractivity contribution in [2.24, 2.45) is 15.0 Å².